The van der Waals surface area contributed by atoms with E-state index in [2.05, 4.69) is 17.1 Å². The van der Waals surface area contributed by atoms with Gasteiger partial charge < -0.3 is 10.4 Å². The molecule has 3 heteroatoms. The van der Waals surface area contributed by atoms with Gasteiger partial charge in [-0.25, -0.2) is 0 Å². The molecule has 0 bridgehead atoms. The van der Waals surface area contributed by atoms with E-state index in [1.807, 2.05) is 18.2 Å². The van der Waals surface area contributed by atoms with Crippen molar-refractivity contribution in [3.8, 4) is 5.75 Å². The summed E-state index contributed by atoms with van der Waals surface area (Å²) in [5.74, 6) is 0.406. The number of aromatic hydroxyl groups is 1. The van der Waals surface area contributed by atoms with Gasteiger partial charge in [0.1, 0.15) is 5.75 Å². The number of phenolic OH excluding ortho intramolecular Hbond substituents is 1. The molecule has 0 unspecified atom stereocenters. The fourth-order valence-corrected chi connectivity index (χ4v) is 1.89. The molecule has 0 aromatic heterocycles. The predicted molar refractivity (Wildman–Crippen MR) is 60.8 cm³/mol. The smallest absolute Gasteiger partial charge is 0.120 e. The minimum absolute atomic E-state index is 0.406. The van der Waals surface area contributed by atoms with Crippen molar-refractivity contribution in [3.63, 3.8) is 0 Å². The molecule has 1 fully saturated rings. The highest BCUT2D eigenvalue weighted by Crippen LogP contribution is 2.19. The fourth-order valence-electron chi connectivity index (χ4n) is 1.89. The van der Waals surface area contributed by atoms with Gasteiger partial charge in [-0.15, -0.1) is 0 Å². The second kappa shape index (κ2) is 4.64. The van der Waals surface area contributed by atoms with Crippen molar-refractivity contribution in [2.45, 2.75) is 19.5 Å². The molecular formula is C12H18N2O. The predicted octanol–water partition coefficient (Wildman–Crippen LogP) is 1.19. The lowest BCUT2D eigenvalue weighted by Gasteiger charge is -2.37. The zero-order valence-corrected chi connectivity index (χ0v) is 9.11. The summed E-state index contributed by atoms with van der Waals surface area (Å²) in [5.41, 5.74) is 1.02. The molecule has 1 saturated heterocycles. The van der Waals surface area contributed by atoms with E-state index in [4.69, 9.17) is 0 Å². The monoisotopic (exact) mass is 206 g/mol. The third kappa shape index (κ3) is 2.30. The van der Waals surface area contributed by atoms with Crippen molar-refractivity contribution in [1.82, 2.24) is 10.2 Å². The zero-order valence-electron chi connectivity index (χ0n) is 9.11. The molecule has 0 atom stereocenters. The number of para-hydroxylation sites is 1. The van der Waals surface area contributed by atoms with Crippen LogP contribution < -0.4 is 5.32 Å². The van der Waals surface area contributed by atoms with E-state index in [-0.39, 0.29) is 0 Å². The Bertz CT molecular complexity index is 323. The molecule has 0 spiro atoms. The molecule has 1 aromatic rings. The molecule has 0 saturated carbocycles. The Hall–Kier alpha value is -1.06. The quantitative estimate of drug-likeness (QED) is 0.776. The zero-order chi connectivity index (χ0) is 10.7. The number of benzene rings is 1. The number of phenols is 1. The summed E-state index contributed by atoms with van der Waals surface area (Å²) >= 11 is 0. The van der Waals surface area contributed by atoms with Crippen LogP contribution in [0.15, 0.2) is 24.3 Å². The molecule has 0 aliphatic carbocycles. The van der Waals surface area contributed by atoms with E-state index in [0.717, 1.165) is 31.7 Å². The van der Waals surface area contributed by atoms with Crippen molar-refractivity contribution < 1.29 is 5.11 Å². The van der Waals surface area contributed by atoms with Gasteiger partial charge in [-0.1, -0.05) is 25.1 Å². The number of nitrogens with one attached hydrogen (secondary N) is 1. The Morgan fingerprint density at radius 3 is 2.67 bits per heavy atom. The lowest BCUT2D eigenvalue weighted by molar-refractivity contribution is 0.144. The Morgan fingerprint density at radius 1 is 1.40 bits per heavy atom. The average Bonchev–Trinajstić information content (AvgIpc) is 2.17. The highest BCUT2D eigenvalue weighted by atomic mass is 16.3. The maximum Gasteiger partial charge on any atom is 0.120 e. The topological polar surface area (TPSA) is 35.5 Å². The van der Waals surface area contributed by atoms with Crippen LogP contribution >= 0.6 is 0 Å². The molecule has 1 aromatic carbocycles. The highest BCUT2D eigenvalue weighted by Gasteiger charge is 2.23. The average molecular weight is 206 g/mol. The van der Waals surface area contributed by atoms with Gasteiger partial charge in [0.15, 0.2) is 0 Å². The SMILES string of the molecule is CCN(Cc1ccccc1O)C1CNC1. The first kappa shape index (κ1) is 10.5. The lowest BCUT2D eigenvalue weighted by atomic mass is 10.1. The fraction of sp³-hybridized carbons (Fsp3) is 0.500. The molecule has 0 amide bonds. The lowest BCUT2D eigenvalue weighted by Crippen LogP contribution is -2.56. The number of hydrogen-bond donors (Lipinski definition) is 2. The molecule has 1 heterocycles. The summed E-state index contributed by atoms with van der Waals surface area (Å²) in [6.45, 7) is 6.18. The van der Waals surface area contributed by atoms with Crippen LogP contribution in [0.2, 0.25) is 0 Å². The van der Waals surface area contributed by atoms with Gasteiger partial charge >= 0.3 is 0 Å². The largest absolute Gasteiger partial charge is 0.508 e. The molecular weight excluding hydrogens is 188 g/mol. The van der Waals surface area contributed by atoms with Crippen LogP contribution in [-0.4, -0.2) is 35.7 Å². The minimum atomic E-state index is 0.406. The van der Waals surface area contributed by atoms with Gasteiger partial charge in [0, 0.05) is 31.2 Å². The van der Waals surface area contributed by atoms with Crippen LogP contribution in [0, 0.1) is 0 Å². The van der Waals surface area contributed by atoms with Crippen molar-refractivity contribution in [3.05, 3.63) is 29.8 Å². The van der Waals surface area contributed by atoms with Crippen LogP contribution in [0.1, 0.15) is 12.5 Å². The minimum Gasteiger partial charge on any atom is -0.508 e. The van der Waals surface area contributed by atoms with E-state index in [9.17, 15) is 5.11 Å². The Labute approximate surface area is 90.7 Å². The summed E-state index contributed by atoms with van der Waals surface area (Å²) in [6.07, 6.45) is 0. The normalized spacial score (nSPS) is 16.7. The standard InChI is InChI=1S/C12H18N2O/c1-2-14(11-7-13-8-11)9-10-5-3-4-6-12(10)15/h3-6,11,13,15H,2,7-9H2,1H3. The molecule has 2 rings (SSSR count). The van der Waals surface area contributed by atoms with Gasteiger partial charge in [-0.3, -0.25) is 4.90 Å². The van der Waals surface area contributed by atoms with E-state index in [1.165, 1.54) is 0 Å². The summed E-state index contributed by atoms with van der Waals surface area (Å²) in [6, 6.07) is 8.21. The highest BCUT2D eigenvalue weighted by molar-refractivity contribution is 5.31. The second-order valence-electron chi connectivity index (χ2n) is 4.00. The van der Waals surface area contributed by atoms with E-state index in [0.29, 0.717) is 11.8 Å². The maximum absolute atomic E-state index is 9.69. The molecule has 2 N–H and O–H groups in total. The van der Waals surface area contributed by atoms with Crippen molar-refractivity contribution in [1.29, 1.82) is 0 Å². The van der Waals surface area contributed by atoms with Crippen molar-refractivity contribution in [2.24, 2.45) is 0 Å². The van der Waals surface area contributed by atoms with Crippen LogP contribution in [0.25, 0.3) is 0 Å². The van der Waals surface area contributed by atoms with Gasteiger partial charge in [0.05, 0.1) is 0 Å². The molecule has 15 heavy (non-hydrogen) atoms. The van der Waals surface area contributed by atoms with Gasteiger partial charge in [0.2, 0.25) is 0 Å². The molecule has 1 aliphatic rings. The van der Waals surface area contributed by atoms with Gasteiger partial charge in [-0.2, -0.15) is 0 Å². The first-order valence-corrected chi connectivity index (χ1v) is 5.53. The van der Waals surface area contributed by atoms with Crippen LogP contribution in [0.3, 0.4) is 0 Å². The van der Waals surface area contributed by atoms with Gasteiger partial charge in [0.25, 0.3) is 0 Å². The summed E-state index contributed by atoms with van der Waals surface area (Å²) < 4.78 is 0. The van der Waals surface area contributed by atoms with E-state index >= 15 is 0 Å². The molecule has 3 nitrogen and oxygen atoms in total. The second-order valence-corrected chi connectivity index (χ2v) is 4.00. The third-order valence-corrected chi connectivity index (χ3v) is 3.05. The summed E-state index contributed by atoms with van der Waals surface area (Å²) in [7, 11) is 0. The molecule has 0 radical (unpaired) electrons. The van der Waals surface area contributed by atoms with Crippen LogP contribution in [0.4, 0.5) is 0 Å². The molecule has 82 valence electrons. The van der Waals surface area contributed by atoms with Crippen molar-refractivity contribution >= 4 is 0 Å². The molecule has 1 aliphatic heterocycles. The Kier molecular flexibility index (Phi) is 3.23. The van der Waals surface area contributed by atoms with E-state index in [1.54, 1.807) is 6.07 Å². The maximum atomic E-state index is 9.69. The Balaban J connectivity index is 2.02. The number of hydrogen-bond acceptors (Lipinski definition) is 3. The summed E-state index contributed by atoms with van der Waals surface area (Å²) in [4.78, 5) is 2.39. The van der Waals surface area contributed by atoms with Crippen molar-refractivity contribution in [2.75, 3.05) is 19.6 Å². The first-order valence-electron chi connectivity index (χ1n) is 5.53. The van der Waals surface area contributed by atoms with Crippen LogP contribution in [-0.2, 0) is 6.54 Å². The van der Waals surface area contributed by atoms with Gasteiger partial charge in [-0.05, 0) is 12.6 Å². The van der Waals surface area contributed by atoms with Crippen LogP contribution in [0.5, 0.6) is 5.75 Å². The number of nitrogens with zero attached hydrogens (tertiary/aromatic N) is 1. The summed E-state index contributed by atoms with van der Waals surface area (Å²) in [5, 5.41) is 13.0. The first-order chi connectivity index (χ1) is 7.31. The number of likely N-dealkylation sites (N-methyl/N-ethyl adjacent to an activating group) is 1. The third-order valence-electron chi connectivity index (χ3n) is 3.05. The van der Waals surface area contributed by atoms with E-state index < -0.39 is 0 Å². The number of rotatable bonds is 4. The Morgan fingerprint density at radius 2 is 2.13 bits per heavy atom.